The molecule has 3 heterocycles. The fraction of sp³-hybridized carbons (Fsp3) is 0.0870. The minimum atomic E-state index is -0.627. The summed E-state index contributed by atoms with van der Waals surface area (Å²) >= 11 is 3.22. The molecule has 8 heteroatoms. The Labute approximate surface area is 187 Å². The second-order valence-corrected chi connectivity index (χ2v) is 9.30. The molecule has 0 unspecified atom stereocenters. The highest BCUT2D eigenvalue weighted by Gasteiger charge is 2.38. The summed E-state index contributed by atoms with van der Waals surface area (Å²) in [5.74, 6) is -1.18. The minimum Gasteiger partial charge on any atom is -0.300 e. The van der Waals surface area contributed by atoms with Crippen LogP contribution in [-0.2, 0) is 9.59 Å². The van der Waals surface area contributed by atoms with E-state index in [9.17, 15) is 14.4 Å². The van der Waals surface area contributed by atoms with Crippen molar-refractivity contribution in [2.45, 2.75) is 9.79 Å². The zero-order chi connectivity index (χ0) is 21.7. The molecular formula is C23H17N3O3S2. The lowest BCUT2D eigenvalue weighted by molar-refractivity contribution is -0.134. The summed E-state index contributed by atoms with van der Waals surface area (Å²) in [6.45, 7) is 0. The summed E-state index contributed by atoms with van der Waals surface area (Å²) in [6.07, 6.45) is 1.56. The number of rotatable bonds is 2. The van der Waals surface area contributed by atoms with Crippen LogP contribution in [0.3, 0.4) is 0 Å². The highest BCUT2D eigenvalue weighted by molar-refractivity contribution is 7.99. The van der Waals surface area contributed by atoms with E-state index in [1.807, 2.05) is 36.4 Å². The predicted octanol–water partition coefficient (Wildman–Crippen LogP) is 5.12. The second-order valence-electron chi connectivity index (χ2n) is 7.12. The van der Waals surface area contributed by atoms with E-state index in [4.69, 9.17) is 0 Å². The number of anilines is 3. The molecule has 5 rings (SSSR count). The summed E-state index contributed by atoms with van der Waals surface area (Å²) in [5.41, 5.74) is 2.15. The minimum absolute atomic E-state index is 0.0204. The van der Waals surface area contributed by atoms with Gasteiger partial charge < -0.3 is 0 Å². The van der Waals surface area contributed by atoms with Crippen LogP contribution >= 0.6 is 23.1 Å². The molecule has 0 atom stereocenters. The van der Waals surface area contributed by atoms with Crippen molar-refractivity contribution in [2.24, 2.45) is 0 Å². The van der Waals surface area contributed by atoms with E-state index in [0.29, 0.717) is 0 Å². The van der Waals surface area contributed by atoms with Gasteiger partial charge in [0.2, 0.25) is 0 Å². The third kappa shape index (κ3) is 3.15. The van der Waals surface area contributed by atoms with Crippen molar-refractivity contribution in [3.05, 3.63) is 71.1 Å². The van der Waals surface area contributed by atoms with Crippen LogP contribution in [-0.4, -0.2) is 41.7 Å². The van der Waals surface area contributed by atoms with Crippen LogP contribution in [0.2, 0.25) is 0 Å². The fourth-order valence-corrected chi connectivity index (χ4v) is 5.64. The summed E-state index contributed by atoms with van der Waals surface area (Å²) < 4.78 is 0. The summed E-state index contributed by atoms with van der Waals surface area (Å²) in [4.78, 5) is 44.2. The highest BCUT2D eigenvalue weighted by Crippen LogP contribution is 2.52. The first-order chi connectivity index (χ1) is 15.0. The Hall–Kier alpha value is -3.36. The molecule has 0 bridgehead atoms. The van der Waals surface area contributed by atoms with E-state index in [2.05, 4.69) is 29.2 Å². The lowest BCUT2D eigenvalue weighted by atomic mass is 10.1. The van der Waals surface area contributed by atoms with Crippen molar-refractivity contribution < 1.29 is 14.4 Å². The zero-order valence-electron chi connectivity index (χ0n) is 16.7. The normalized spacial score (nSPS) is 15.9. The maximum atomic E-state index is 12.5. The van der Waals surface area contributed by atoms with Gasteiger partial charge in [-0.2, -0.15) is 0 Å². The van der Waals surface area contributed by atoms with Crippen LogP contribution in [0.4, 0.5) is 21.2 Å². The van der Waals surface area contributed by atoms with Gasteiger partial charge in [-0.05, 0) is 42.5 Å². The van der Waals surface area contributed by atoms with Crippen molar-refractivity contribution in [1.82, 2.24) is 9.80 Å². The number of para-hydroxylation sites is 2. The van der Waals surface area contributed by atoms with Gasteiger partial charge in [-0.25, -0.2) is 4.79 Å². The van der Waals surface area contributed by atoms with Gasteiger partial charge >= 0.3 is 6.03 Å². The molecule has 0 N–H and O–H groups in total. The number of hydrogen-bond donors (Lipinski definition) is 0. The van der Waals surface area contributed by atoms with Gasteiger partial charge in [-0.3, -0.25) is 24.3 Å². The Bertz CT molecular complexity index is 1210. The number of benzene rings is 2. The van der Waals surface area contributed by atoms with Crippen molar-refractivity contribution in [2.75, 3.05) is 19.0 Å². The van der Waals surface area contributed by atoms with Crippen molar-refractivity contribution >= 4 is 63.4 Å². The second kappa shape index (κ2) is 7.40. The van der Waals surface area contributed by atoms with Gasteiger partial charge in [-0.1, -0.05) is 36.0 Å². The highest BCUT2D eigenvalue weighted by atomic mass is 32.2. The number of urea groups is 1. The van der Waals surface area contributed by atoms with Crippen molar-refractivity contribution in [1.29, 1.82) is 0 Å². The molecule has 31 heavy (non-hydrogen) atoms. The monoisotopic (exact) mass is 447 g/mol. The summed E-state index contributed by atoms with van der Waals surface area (Å²) in [7, 11) is 2.75. The smallest absolute Gasteiger partial charge is 0.300 e. The van der Waals surface area contributed by atoms with Crippen molar-refractivity contribution in [3.63, 3.8) is 0 Å². The van der Waals surface area contributed by atoms with Gasteiger partial charge in [0.05, 0.1) is 11.4 Å². The number of imide groups is 2. The molecule has 154 valence electrons. The van der Waals surface area contributed by atoms with Gasteiger partial charge in [0.1, 0.15) is 10.6 Å². The topological polar surface area (TPSA) is 60.9 Å². The first-order valence-corrected chi connectivity index (χ1v) is 11.2. The first-order valence-electron chi connectivity index (χ1n) is 9.53. The van der Waals surface area contributed by atoms with E-state index in [0.717, 1.165) is 40.8 Å². The number of carbonyl (C=O) groups excluding carboxylic acids is 3. The number of fused-ring (bicyclic) bond motifs is 2. The quantitative estimate of drug-likeness (QED) is 0.315. The lowest BCUT2D eigenvalue weighted by Crippen LogP contribution is -2.52. The molecule has 0 spiro atoms. The van der Waals surface area contributed by atoms with E-state index in [1.165, 1.54) is 25.4 Å². The number of nitrogens with zero attached hydrogens (tertiary/aromatic N) is 3. The van der Waals surface area contributed by atoms with Gasteiger partial charge in [0, 0.05) is 28.8 Å². The van der Waals surface area contributed by atoms with E-state index in [-0.39, 0.29) is 5.57 Å². The van der Waals surface area contributed by atoms with Crippen LogP contribution in [0.25, 0.3) is 6.08 Å². The Kier molecular flexibility index (Phi) is 4.68. The molecule has 1 aromatic heterocycles. The number of amides is 4. The molecule has 0 aliphatic carbocycles. The number of carbonyl (C=O) groups is 3. The lowest BCUT2D eigenvalue weighted by Gasteiger charge is -2.31. The van der Waals surface area contributed by atoms with Crippen LogP contribution in [0.5, 0.6) is 0 Å². The SMILES string of the molecule is CN1C(=O)C(=Cc2ccc(N3c4ccccc4Sc4ccccc43)s2)C(=O)N(C)C1=O. The Morgan fingerprint density at radius 3 is 1.87 bits per heavy atom. The molecule has 2 aromatic carbocycles. The first kappa shape index (κ1) is 19.6. The Morgan fingerprint density at radius 2 is 1.29 bits per heavy atom. The molecule has 0 radical (unpaired) electrons. The van der Waals surface area contributed by atoms with E-state index in [1.54, 1.807) is 17.8 Å². The average Bonchev–Trinajstić information content (AvgIpc) is 3.25. The fourth-order valence-electron chi connectivity index (χ4n) is 3.60. The standard InChI is InChI=1S/C23H17N3O3S2/c1-24-21(27)15(22(28)25(2)23(24)29)13-14-11-12-20(30-14)26-16-7-3-5-9-18(16)31-19-10-6-4-8-17(19)26/h3-13H,1-2H3. The molecule has 6 nitrogen and oxygen atoms in total. The molecular weight excluding hydrogens is 430 g/mol. The third-order valence-corrected chi connectivity index (χ3v) is 7.34. The van der Waals surface area contributed by atoms with E-state index >= 15 is 0 Å². The third-order valence-electron chi connectivity index (χ3n) is 5.20. The number of likely N-dealkylation sites (N-methyl/N-ethyl adjacent to an activating group) is 2. The maximum Gasteiger partial charge on any atom is 0.333 e. The molecule has 0 saturated carbocycles. The zero-order valence-corrected chi connectivity index (χ0v) is 18.4. The average molecular weight is 448 g/mol. The maximum absolute atomic E-state index is 12.5. The van der Waals surface area contributed by atoms with Crippen LogP contribution in [0.1, 0.15) is 4.88 Å². The van der Waals surface area contributed by atoms with Crippen LogP contribution in [0.15, 0.2) is 76.0 Å². The molecule has 2 aliphatic heterocycles. The van der Waals surface area contributed by atoms with Crippen molar-refractivity contribution in [3.8, 4) is 0 Å². The van der Waals surface area contributed by atoms with Gasteiger partial charge in [0.25, 0.3) is 11.8 Å². The Balaban J connectivity index is 1.57. The van der Waals surface area contributed by atoms with E-state index < -0.39 is 17.8 Å². The van der Waals surface area contributed by atoms with Gasteiger partial charge in [-0.15, -0.1) is 11.3 Å². The number of thiophene rings is 1. The molecule has 4 amide bonds. The number of hydrogen-bond acceptors (Lipinski definition) is 6. The van der Waals surface area contributed by atoms with Crippen LogP contribution in [0, 0.1) is 0 Å². The summed E-state index contributed by atoms with van der Waals surface area (Å²) in [6, 6.07) is 19.7. The van der Waals surface area contributed by atoms with Gasteiger partial charge in [0.15, 0.2) is 0 Å². The Morgan fingerprint density at radius 1 is 0.742 bits per heavy atom. The molecule has 2 aliphatic rings. The largest absolute Gasteiger partial charge is 0.333 e. The summed E-state index contributed by atoms with van der Waals surface area (Å²) in [5, 5.41) is 0.973. The molecule has 3 aromatic rings. The molecule has 1 fully saturated rings. The van der Waals surface area contributed by atoms with Crippen LogP contribution < -0.4 is 4.90 Å². The predicted molar refractivity (Wildman–Crippen MR) is 122 cm³/mol. The number of barbiturate groups is 1. The molecule has 1 saturated heterocycles.